The number of thioether (sulfide) groups is 1. The Hall–Kier alpha value is -0.220. The number of rotatable bonds is 4. The van der Waals surface area contributed by atoms with Crippen LogP contribution < -0.4 is 5.32 Å². The quantitative estimate of drug-likeness (QED) is 0.794. The van der Waals surface area contributed by atoms with Crippen LogP contribution in [-0.4, -0.2) is 48.5 Å². The minimum absolute atomic E-state index is 0.564. The Morgan fingerprint density at radius 3 is 2.87 bits per heavy atom. The molecule has 1 heterocycles. The molecule has 1 aliphatic heterocycles. The highest BCUT2D eigenvalue weighted by Gasteiger charge is 2.20. The van der Waals surface area contributed by atoms with Crippen molar-refractivity contribution in [3.05, 3.63) is 0 Å². The molecule has 0 spiro atoms. The Labute approximate surface area is 97.7 Å². The fraction of sp³-hybridized carbons (Fsp3) is 0.909. The van der Waals surface area contributed by atoms with Crippen LogP contribution >= 0.6 is 11.8 Å². The van der Waals surface area contributed by atoms with Crippen LogP contribution in [0.4, 0.5) is 0 Å². The number of nitrogens with one attached hydrogen (secondary N) is 1. The summed E-state index contributed by atoms with van der Waals surface area (Å²) in [5, 5.41) is 4.58. The molecule has 2 atom stereocenters. The lowest BCUT2D eigenvalue weighted by molar-refractivity contribution is 0.363. The van der Waals surface area contributed by atoms with Gasteiger partial charge in [0.25, 0.3) is 0 Å². The van der Waals surface area contributed by atoms with Crippen molar-refractivity contribution in [3.8, 4) is 0 Å². The van der Waals surface area contributed by atoms with Gasteiger partial charge in [-0.25, -0.2) is 0 Å². The average Bonchev–Trinajstić information content (AvgIpc) is 2.23. The number of nitrogens with zero attached hydrogens (tertiary/aromatic N) is 2. The van der Waals surface area contributed by atoms with E-state index in [9.17, 15) is 0 Å². The van der Waals surface area contributed by atoms with Crippen molar-refractivity contribution in [2.75, 3.05) is 32.4 Å². The summed E-state index contributed by atoms with van der Waals surface area (Å²) in [6.45, 7) is 9.74. The molecule has 4 heteroatoms. The summed E-state index contributed by atoms with van der Waals surface area (Å²) in [4.78, 5) is 6.86. The van der Waals surface area contributed by atoms with E-state index >= 15 is 0 Å². The highest BCUT2D eigenvalue weighted by molar-refractivity contribution is 8.13. The van der Waals surface area contributed by atoms with E-state index in [0.29, 0.717) is 6.04 Å². The summed E-state index contributed by atoms with van der Waals surface area (Å²) < 4.78 is 0. The van der Waals surface area contributed by atoms with Crippen LogP contribution in [0.5, 0.6) is 0 Å². The fourth-order valence-electron chi connectivity index (χ4n) is 1.31. The molecular weight excluding hydrogens is 206 g/mol. The van der Waals surface area contributed by atoms with Crippen molar-refractivity contribution in [1.29, 1.82) is 0 Å². The molecule has 1 aliphatic rings. The number of hydrogen-bond acceptors (Lipinski definition) is 3. The van der Waals surface area contributed by atoms with Crippen LogP contribution in [0.1, 0.15) is 20.8 Å². The van der Waals surface area contributed by atoms with Crippen LogP contribution in [0.25, 0.3) is 0 Å². The number of likely N-dealkylation sites (N-methyl/N-ethyl adjacent to an activating group) is 1. The zero-order chi connectivity index (χ0) is 11.3. The molecule has 0 radical (unpaired) electrons. The first-order valence-corrected chi connectivity index (χ1v) is 6.74. The van der Waals surface area contributed by atoms with Gasteiger partial charge in [-0.15, -0.1) is 0 Å². The Balaban J connectivity index is 2.28. The molecule has 0 bridgehead atoms. The van der Waals surface area contributed by atoms with Gasteiger partial charge in [-0.05, 0) is 26.4 Å². The van der Waals surface area contributed by atoms with Crippen molar-refractivity contribution in [3.63, 3.8) is 0 Å². The first kappa shape index (κ1) is 12.8. The Morgan fingerprint density at radius 2 is 2.27 bits per heavy atom. The lowest BCUT2D eigenvalue weighted by Gasteiger charge is -2.28. The SMILES string of the molecule is CCN(C)CCN=C1NC(C)C(C)CS1. The van der Waals surface area contributed by atoms with Gasteiger partial charge >= 0.3 is 0 Å². The zero-order valence-corrected chi connectivity index (χ0v) is 11.1. The van der Waals surface area contributed by atoms with Gasteiger partial charge in [-0.2, -0.15) is 0 Å². The topological polar surface area (TPSA) is 27.6 Å². The molecule has 0 saturated carbocycles. The van der Waals surface area contributed by atoms with Crippen LogP contribution in [0.15, 0.2) is 4.99 Å². The van der Waals surface area contributed by atoms with Crippen LogP contribution in [0.3, 0.4) is 0 Å². The van der Waals surface area contributed by atoms with E-state index in [0.717, 1.165) is 30.7 Å². The van der Waals surface area contributed by atoms with Crippen LogP contribution in [-0.2, 0) is 0 Å². The van der Waals surface area contributed by atoms with E-state index in [4.69, 9.17) is 0 Å². The molecule has 1 saturated heterocycles. The molecule has 1 N–H and O–H groups in total. The van der Waals surface area contributed by atoms with E-state index in [2.05, 4.69) is 43.0 Å². The van der Waals surface area contributed by atoms with Gasteiger partial charge in [-0.1, -0.05) is 25.6 Å². The number of hydrogen-bond donors (Lipinski definition) is 1. The maximum atomic E-state index is 4.58. The summed E-state index contributed by atoms with van der Waals surface area (Å²) in [5.74, 6) is 1.93. The van der Waals surface area contributed by atoms with Crippen molar-refractivity contribution in [1.82, 2.24) is 10.2 Å². The minimum Gasteiger partial charge on any atom is -0.362 e. The summed E-state index contributed by atoms with van der Waals surface area (Å²) in [6.07, 6.45) is 0. The van der Waals surface area contributed by atoms with Crippen molar-refractivity contribution < 1.29 is 0 Å². The van der Waals surface area contributed by atoms with E-state index < -0.39 is 0 Å². The van der Waals surface area contributed by atoms with Crippen LogP contribution in [0.2, 0.25) is 0 Å². The number of amidine groups is 1. The standard InChI is InChI=1S/C11H23N3S/c1-5-14(4)7-6-12-11-13-10(3)9(2)8-15-11/h9-10H,5-8H2,1-4H3,(H,12,13). The van der Waals surface area contributed by atoms with Gasteiger partial charge in [0.05, 0.1) is 6.54 Å². The average molecular weight is 229 g/mol. The normalized spacial score (nSPS) is 29.5. The molecule has 15 heavy (non-hydrogen) atoms. The lowest BCUT2D eigenvalue weighted by atomic mass is 10.1. The van der Waals surface area contributed by atoms with Crippen molar-refractivity contribution >= 4 is 16.9 Å². The van der Waals surface area contributed by atoms with Gasteiger partial charge in [0.1, 0.15) is 0 Å². The molecule has 88 valence electrons. The summed E-state index contributed by atoms with van der Waals surface area (Å²) in [6, 6.07) is 0.564. The predicted molar refractivity (Wildman–Crippen MR) is 69.7 cm³/mol. The van der Waals surface area contributed by atoms with Gasteiger partial charge in [-0.3, -0.25) is 4.99 Å². The highest BCUT2D eigenvalue weighted by atomic mass is 32.2. The Bertz CT molecular complexity index is 218. The summed E-state index contributed by atoms with van der Waals surface area (Å²) in [7, 11) is 2.13. The number of aliphatic imine (C=N–C) groups is 1. The molecule has 0 aliphatic carbocycles. The molecule has 2 unspecified atom stereocenters. The molecule has 3 nitrogen and oxygen atoms in total. The molecule has 0 aromatic carbocycles. The maximum absolute atomic E-state index is 4.58. The molecule has 0 aromatic rings. The monoisotopic (exact) mass is 229 g/mol. The lowest BCUT2D eigenvalue weighted by Crippen LogP contribution is -2.41. The second kappa shape index (κ2) is 6.38. The minimum atomic E-state index is 0.564. The largest absolute Gasteiger partial charge is 0.362 e. The summed E-state index contributed by atoms with van der Waals surface area (Å²) in [5.41, 5.74) is 0. The smallest absolute Gasteiger partial charge is 0.156 e. The van der Waals surface area contributed by atoms with E-state index in [-0.39, 0.29) is 0 Å². The molecule has 0 aromatic heterocycles. The van der Waals surface area contributed by atoms with Gasteiger partial charge in [0.2, 0.25) is 0 Å². The maximum Gasteiger partial charge on any atom is 0.156 e. The molecule has 1 rings (SSSR count). The first-order chi connectivity index (χ1) is 7.13. The van der Waals surface area contributed by atoms with E-state index in [1.165, 1.54) is 5.75 Å². The van der Waals surface area contributed by atoms with E-state index in [1.807, 2.05) is 11.8 Å². The van der Waals surface area contributed by atoms with Gasteiger partial charge in [0, 0.05) is 18.3 Å². The highest BCUT2D eigenvalue weighted by Crippen LogP contribution is 2.18. The second-order valence-electron chi connectivity index (χ2n) is 4.30. The van der Waals surface area contributed by atoms with Crippen molar-refractivity contribution in [2.45, 2.75) is 26.8 Å². The molecular formula is C11H23N3S. The van der Waals surface area contributed by atoms with Gasteiger partial charge in [0.15, 0.2) is 5.17 Å². The van der Waals surface area contributed by atoms with Crippen LogP contribution in [0, 0.1) is 5.92 Å². The Morgan fingerprint density at radius 1 is 1.53 bits per heavy atom. The zero-order valence-electron chi connectivity index (χ0n) is 10.3. The molecule has 0 amide bonds. The van der Waals surface area contributed by atoms with Gasteiger partial charge < -0.3 is 10.2 Å². The summed E-state index contributed by atoms with van der Waals surface area (Å²) >= 11 is 1.85. The van der Waals surface area contributed by atoms with Crippen molar-refractivity contribution in [2.24, 2.45) is 10.9 Å². The third-order valence-corrected chi connectivity index (χ3v) is 4.18. The first-order valence-electron chi connectivity index (χ1n) is 5.75. The third-order valence-electron chi connectivity index (χ3n) is 2.96. The third kappa shape index (κ3) is 4.43. The predicted octanol–water partition coefficient (Wildman–Crippen LogP) is 1.66. The second-order valence-corrected chi connectivity index (χ2v) is 5.31. The Kier molecular flexibility index (Phi) is 5.47. The molecule has 1 fully saturated rings. The fourth-order valence-corrected chi connectivity index (χ4v) is 2.47. The van der Waals surface area contributed by atoms with E-state index in [1.54, 1.807) is 0 Å².